The summed E-state index contributed by atoms with van der Waals surface area (Å²) in [5, 5.41) is 16.7. The van der Waals surface area contributed by atoms with Gasteiger partial charge in [-0.1, -0.05) is 25.0 Å². The van der Waals surface area contributed by atoms with Crippen molar-refractivity contribution >= 4 is 0 Å². The normalized spacial score (nSPS) is 24.4. The standard InChI is InChI=1S/C20H18F2N4O2/c1-19(2)11-7-8-20(19,17-25-26-18(27-3)28-17)16-10(11)9-14(23-24-16)15-12(21)5-4-6-13(15)22/h4-6,9,11H,7-8H2,1-3H3/t11-,20?/m0/s1. The largest absolute Gasteiger partial charge is 0.452 e. The van der Waals surface area contributed by atoms with Crippen LogP contribution in [0.1, 0.15) is 49.8 Å². The molecule has 1 unspecified atom stereocenters. The minimum Gasteiger partial charge on any atom is -0.452 e. The number of halogens is 2. The molecule has 0 aliphatic heterocycles. The van der Waals surface area contributed by atoms with Gasteiger partial charge in [0.25, 0.3) is 0 Å². The molecule has 1 aromatic carbocycles. The highest BCUT2D eigenvalue weighted by atomic mass is 19.1. The lowest BCUT2D eigenvalue weighted by Crippen LogP contribution is -2.37. The second-order valence-corrected chi connectivity index (χ2v) is 7.93. The SMILES string of the molecule is COc1nnc(C23CC[C@@H](c4cc(-c5c(F)cccc5F)nnc42)C3(C)C)o1. The molecule has 0 radical (unpaired) electrons. The van der Waals surface area contributed by atoms with Crippen molar-refractivity contribution in [3.8, 4) is 17.3 Å². The summed E-state index contributed by atoms with van der Waals surface area (Å²) in [6.45, 7) is 4.26. The number of fused-ring (bicyclic) bond motifs is 5. The van der Waals surface area contributed by atoms with Gasteiger partial charge in [-0.25, -0.2) is 8.78 Å². The molecule has 8 heteroatoms. The molecule has 144 valence electrons. The molecule has 2 aliphatic carbocycles. The van der Waals surface area contributed by atoms with Crippen LogP contribution in [0.25, 0.3) is 11.3 Å². The molecular weight excluding hydrogens is 366 g/mol. The van der Waals surface area contributed by atoms with E-state index in [0.29, 0.717) is 5.89 Å². The van der Waals surface area contributed by atoms with E-state index in [9.17, 15) is 8.78 Å². The predicted molar refractivity (Wildman–Crippen MR) is 94.8 cm³/mol. The van der Waals surface area contributed by atoms with E-state index in [1.165, 1.54) is 25.3 Å². The molecule has 0 N–H and O–H groups in total. The summed E-state index contributed by atoms with van der Waals surface area (Å²) >= 11 is 0. The van der Waals surface area contributed by atoms with Gasteiger partial charge in [-0.2, -0.15) is 5.10 Å². The van der Waals surface area contributed by atoms with Crippen LogP contribution in [-0.4, -0.2) is 27.5 Å². The van der Waals surface area contributed by atoms with Crippen LogP contribution in [0.4, 0.5) is 8.78 Å². The molecule has 0 amide bonds. The van der Waals surface area contributed by atoms with Crippen molar-refractivity contribution in [3.63, 3.8) is 0 Å². The van der Waals surface area contributed by atoms with Crippen molar-refractivity contribution in [2.24, 2.45) is 5.41 Å². The zero-order valence-electron chi connectivity index (χ0n) is 15.7. The van der Waals surface area contributed by atoms with E-state index in [2.05, 4.69) is 34.2 Å². The lowest BCUT2D eigenvalue weighted by Gasteiger charge is -2.34. The van der Waals surface area contributed by atoms with Gasteiger partial charge < -0.3 is 9.15 Å². The first-order chi connectivity index (χ1) is 13.4. The maximum absolute atomic E-state index is 14.3. The molecule has 2 aromatic heterocycles. The van der Waals surface area contributed by atoms with E-state index in [1.807, 2.05) is 0 Å². The number of benzene rings is 1. The minimum atomic E-state index is -0.659. The Hall–Kier alpha value is -2.90. The zero-order valence-corrected chi connectivity index (χ0v) is 15.7. The van der Waals surface area contributed by atoms with E-state index >= 15 is 0 Å². The van der Waals surface area contributed by atoms with E-state index < -0.39 is 17.0 Å². The molecule has 5 rings (SSSR count). The van der Waals surface area contributed by atoms with Crippen LogP contribution in [0, 0.1) is 17.0 Å². The Morgan fingerprint density at radius 2 is 1.86 bits per heavy atom. The topological polar surface area (TPSA) is 73.9 Å². The molecule has 2 atom stereocenters. The average Bonchev–Trinajstić information content (AvgIpc) is 3.30. The Bertz CT molecular complexity index is 1080. The van der Waals surface area contributed by atoms with Crippen molar-refractivity contribution in [2.75, 3.05) is 7.11 Å². The number of hydrogen-bond acceptors (Lipinski definition) is 6. The van der Waals surface area contributed by atoms with E-state index in [4.69, 9.17) is 9.15 Å². The fourth-order valence-electron chi connectivity index (χ4n) is 5.13. The van der Waals surface area contributed by atoms with Crippen molar-refractivity contribution in [1.82, 2.24) is 20.4 Å². The van der Waals surface area contributed by atoms with Gasteiger partial charge in [-0.05, 0) is 47.9 Å². The van der Waals surface area contributed by atoms with Gasteiger partial charge in [-0.15, -0.1) is 10.2 Å². The van der Waals surface area contributed by atoms with Gasteiger partial charge in [0.05, 0.1) is 29.5 Å². The first-order valence-corrected chi connectivity index (χ1v) is 9.10. The van der Waals surface area contributed by atoms with Gasteiger partial charge in [-0.3, -0.25) is 0 Å². The highest BCUT2D eigenvalue weighted by Crippen LogP contribution is 2.69. The molecule has 3 aromatic rings. The molecule has 0 spiro atoms. The van der Waals surface area contributed by atoms with Gasteiger partial charge in [0, 0.05) is 0 Å². The number of rotatable bonds is 3. The third-order valence-electron chi connectivity index (χ3n) is 6.55. The van der Waals surface area contributed by atoms with Crippen LogP contribution >= 0.6 is 0 Å². The Morgan fingerprint density at radius 3 is 2.54 bits per heavy atom. The molecule has 0 saturated heterocycles. The molecular formula is C20H18F2N4O2. The molecule has 6 nitrogen and oxygen atoms in total. The van der Waals surface area contributed by atoms with E-state index in [1.54, 1.807) is 6.07 Å². The quantitative estimate of drug-likeness (QED) is 0.679. The Balaban J connectivity index is 1.71. The summed E-state index contributed by atoms with van der Waals surface area (Å²) in [5.74, 6) is -0.736. The van der Waals surface area contributed by atoms with Crippen LogP contribution in [0.2, 0.25) is 0 Å². The Labute approximate surface area is 160 Å². The number of ether oxygens (including phenoxy) is 1. The van der Waals surface area contributed by atoms with Crippen LogP contribution in [0.3, 0.4) is 0 Å². The fourth-order valence-corrected chi connectivity index (χ4v) is 5.13. The smallest absolute Gasteiger partial charge is 0.414 e. The lowest BCUT2D eigenvalue weighted by molar-refractivity contribution is 0.190. The van der Waals surface area contributed by atoms with Crippen molar-refractivity contribution in [1.29, 1.82) is 0 Å². The molecule has 28 heavy (non-hydrogen) atoms. The molecule has 1 fully saturated rings. The van der Waals surface area contributed by atoms with Gasteiger partial charge in [0.15, 0.2) is 0 Å². The van der Waals surface area contributed by atoms with Crippen LogP contribution in [0.15, 0.2) is 28.7 Å². The second kappa shape index (κ2) is 5.56. The number of aromatic nitrogens is 4. The van der Waals surface area contributed by atoms with E-state index in [0.717, 1.165) is 24.1 Å². The van der Waals surface area contributed by atoms with Crippen molar-refractivity contribution < 1.29 is 17.9 Å². The number of nitrogens with zero attached hydrogens (tertiary/aromatic N) is 4. The zero-order chi connectivity index (χ0) is 19.7. The Morgan fingerprint density at radius 1 is 1.11 bits per heavy atom. The summed E-state index contributed by atoms with van der Waals surface area (Å²) in [6.07, 6.45) is 1.76. The van der Waals surface area contributed by atoms with Gasteiger partial charge in [0.1, 0.15) is 11.6 Å². The first kappa shape index (κ1) is 17.2. The highest BCUT2D eigenvalue weighted by molar-refractivity contribution is 5.63. The minimum absolute atomic E-state index is 0.0927. The summed E-state index contributed by atoms with van der Waals surface area (Å²) in [7, 11) is 1.47. The maximum atomic E-state index is 14.3. The summed E-state index contributed by atoms with van der Waals surface area (Å²) in [4.78, 5) is 0. The van der Waals surface area contributed by atoms with E-state index in [-0.39, 0.29) is 28.7 Å². The second-order valence-electron chi connectivity index (χ2n) is 7.93. The third-order valence-corrected chi connectivity index (χ3v) is 6.55. The summed E-state index contributed by atoms with van der Waals surface area (Å²) < 4.78 is 39.3. The van der Waals surface area contributed by atoms with Crippen molar-refractivity contribution in [3.05, 3.63) is 53.0 Å². The number of hydrogen-bond donors (Lipinski definition) is 0. The van der Waals surface area contributed by atoms with Gasteiger partial charge >= 0.3 is 6.08 Å². The number of methoxy groups -OCH3 is 1. The van der Waals surface area contributed by atoms with Crippen molar-refractivity contribution in [2.45, 2.75) is 38.0 Å². The van der Waals surface area contributed by atoms with Crippen LogP contribution in [-0.2, 0) is 5.41 Å². The lowest BCUT2D eigenvalue weighted by atomic mass is 9.68. The van der Waals surface area contributed by atoms with Gasteiger partial charge in [0.2, 0.25) is 5.89 Å². The van der Waals surface area contributed by atoms with Crippen LogP contribution < -0.4 is 4.74 Å². The molecule has 1 saturated carbocycles. The molecule has 2 bridgehead atoms. The third kappa shape index (κ3) is 1.95. The summed E-state index contributed by atoms with van der Waals surface area (Å²) in [5.41, 5.74) is 0.828. The average molecular weight is 384 g/mol. The fraction of sp³-hybridized carbons (Fsp3) is 0.400. The monoisotopic (exact) mass is 384 g/mol. The van der Waals surface area contributed by atoms with Crippen LogP contribution in [0.5, 0.6) is 6.08 Å². The highest BCUT2D eigenvalue weighted by Gasteiger charge is 2.67. The first-order valence-electron chi connectivity index (χ1n) is 9.10. The Kier molecular flexibility index (Phi) is 3.42. The maximum Gasteiger partial charge on any atom is 0.414 e. The molecule has 2 aliphatic rings. The predicted octanol–water partition coefficient (Wildman–Crippen LogP) is 4.02. The molecule has 2 heterocycles. The summed E-state index contributed by atoms with van der Waals surface area (Å²) in [6, 6.07) is 5.52.